The number of hydrogen-bond donors (Lipinski definition) is 0. The molecule has 0 saturated heterocycles. The van der Waals surface area contributed by atoms with Crippen LogP contribution < -0.4 is 4.74 Å². The highest BCUT2D eigenvalue weighted by Gasteiger charge is 2.44. The molecule has 1 rings (SSSR count). The minimum atomic E-state index is -1.42. The second-order valence-electron chi connectivity index (χ2n) is 4.75. The Morgan fingerprint density at radius 2 is 1.74 bits per heavy atom. The van der Waals surface area contributed by atoms with Crippen molar-refractivity contribution in [2.75, 3.05) is 13.7 Å². The van der Waals surface area contributed by atoms with Crippen molar-refractivity contribution in [1.82, 2.24) is 0 Å². The van der Waals surface area contributed by atoms with E-state index in [2.05, 4.69) is 0 Å². The summed E-state index contributed by atoms with van der Waals surface area (Å²) in [5.41, 5.74) is -0.860. The van der Waals surface area contributed by atoms with Crippen LogP contribution in [0, 0.1) is 20.2 Å². The lowest BCUT2D eigenvalue weighted by molar-refractivity contribution is -0.579. The molecular formula is C12H16N2O5. The average molecular weight is 268 g/mol. The molecule has 0 aliphatic heterocycles. The summed E-state index contributed by atoms with van der Waals surface area (Å²) in [5.74, 6) is -0.203. The van der Waals surface area contributed by atoms with Gasteiger partial charge in [0.05, 0.1) is 7.11 Å². The lowest BCUT2D eigenvalue weighted by Crippen LogP contribution is -2.41. The zero-order valence-electron chi connectivity index (χ0n) is 11.0. The van der Waals surface area contributed by atoms with Crippen molar-refractivity contribution in [2.45, 2.75) is 25.3 Å². The Bertz CT molecular complexity index is 470. The summed E-state index contributed by atoms with van der Waals surface area (Å²) in [7, 11) is 1.50. The summed E-state index contributed by atoms with van der Waals surface area (Å²) in [6.07, 6.45) is 0. The van der Waals surface area contributed by atoms with Crippen molar-refractivity contribution in [3.8, 4) is 5.75 Å². The summed E-state index contributed by atoms with van der Waals surface area (Å²) in [4.78, 5) is 20.8. The van der Waals surface area contributed by atoms with E-state index in [1.807, 2.05) is 0 Å². The van der Waals surface area contributed by atoms with Crippen LogP contribution in [0.15, 0.2) is 24.3 Å². The van der Waals surface area contributed by atoms with E-state index in [0.29, 0.717) is 11.3 Å². The lowest BCUT2D eigenvalue weighted by Gasteiger charge is -2.24. The number of nitrogens with zero attached hydrogens (tertiary/aromatic N) is 2. The second kappa shape index (κ2) is 5.64. The first-order chi connectivity index (χ1) is 8.78. The van der Waals surface area contributed by atoms with Gasteiger partial charge in [-0.1, -0.05) is 12.1 Å². The number of nitro groups is 2. The van der Waals surface area contributed by atoms with Gasteiger partial charge in [0, 0.05) is 23.7 Å². The Balaban J connectivity index is 3.15. The molecule has 0 heterocycles. The zero-order valence-corrected chi connectivity index (χ0v) is 11.0. The van der Waals surface area contributed by atoms with Crippen molar-refractivity contribution in [3.63, 3.8) is 0 Å². The fourth-order valence-electron chi connectivity index (χ4n) is 1.85. The molecule has 0 amide bonds. The van der Waals surface area contributed by atoms with Crippen LogP contribution in [0.2, 0.25) is 0 Å². The monoisotopic (exact) mass is 268 g/mol. The maximum atomic E-state index is 11.1. The minimum Gasteiger partial charge on any atom is -0.497 e. The molecule has 1 atom stereocenters. The van der Waals surface area contributed by atoms with Crippen molar-refractivity contribution >= 4 is 0 Å². The number of methoxy groups -OCH3 is 1. The molecule has 0 aliphatic rings. The third-order valence-corrected chi connectivity index (χ3v) is 3.17. The topological polar surface area (TPSA) is 95.5 Å². The van der Waals surface area contributed by atoms with Gasteiger partial charge in [0.15, 0.2) is 0 Å². The summed E-state index contributed by atoms with van der Waals surface area (Å²) in [6.45, 7) is 2.30. The molecule has 0 fully saturated rings. The number of hydrogen-bond acceptors (Lipinski definition) is 5. The fraction of sp³-hybridized carbons (Fsp3) is 0.500. The van der Waals surface area contributed by atoms with E-state index < -0.39 is 27.8 Å². The molecule has 104 valence electrons. The molecule has 1 aromatic rings. The van der Waals surface area contributed by atoms with Crippen LogP contribution in [-0.4, -0.2) is 29.0 Å². The minimum absolute atomic E-state index is 0.481. The van der Waals surface area contributed by atoms with Crippen molar-refractivity contribution < 1.29 is 14.6 Å². The summed E-state index contributed by atoms with van der Waals surface area (Å²) in [5, 5.41) is 21.8. The van der Waals surface area contributed by atoms with E-state index in [-0.39, 0.29) is 0 Å². The van der Waals surface area contributed by atoms with Crippen molar-refractivity contribution in [2.24, 2.45) is 0 Å². The van der Waals surface area contributed by atoms with Crippen LogP contribution in [0.25, 0.3) is 0 Å². The molecule has 0 radical (unpaired) electrons. The summed E-state index contributed by atoms with van der Waals surface area (Å²) in [6, 6.07) is 6.52. The largest absolute Gasteiger partial charge is 0.497 e. The third-order valence-electron chi connectivity index (χ3n) is 3.17. The van der Waals surface area contributed by atoms with E-state index >= 15 is 0 Å². The Morgan fingerprint density at radius 3 is 2.11 bits per heavy atom. The quantitative estimate of drug-likeness (QED) is 0.581. The van der Waals surface area contributed by atoms with Crippen molar-refractivity contribution in [1.29, 1.82) is 0 Å². The molecule has 7 heteroatoms. The van der Waals surface area contributed by atoms with E-state index in [1.54, 1.807) is 24.3 Å². The second-order valence-corrected chi connectivity index (χ2v) is 4.75. The van der Waals surface area contributed by atoms with Gasteiger partial charge in [0.1, 0.15) is 11.7 Å². The van der Waals surface area contributed by atoms with Gasteiger partial charge in [-0.3, -0.25) is 20.2 Å². The van der Waals surface area contributed by atoms with Crippen molar-refractivity contribution in [3.05, 3.63) is 50.1 Å². The molecule has 0 aliphatic carbocycles. The first-order valence-corrected chi connectivity index (χ1v) is 5.69. The Labute approximate surface area is 110 Å². The molecule has 0 saturated carbocycles. The molecule has 0 N–H and O–H groups in total. The van der Waals surface area contributed by atoms with Gasteiger partial charge >= 0.3 is 0 Å². The summed E-state index contributed by atoms with van der Waals surface area (Å²) < 4.78 is 5.00. The number of rotatable bonds is 6. The predicted molar refractivity (Wildman–Crippen MR) is 68.7 cm³/mol. The zero-order chi connectivity index (χ0) is 14.6. The van der Waals surface area contributed by atoms with Crippen LogP contribution >= 0.6 is 0 Å². The highest BCUT2D eigenvalue weighted by Crippen LogP contribution is 2.31. The molecule has 0 spiro atoms. The van der Waals surface area contributed by atoms with Gasteiger partial charge in [-0.15, -0.1) is 0 Å². The van der Waals surface area contributed by atoms with Gasteiger partial charge in [0.25, 0.3) is 0 Å². The van der Waals surface area contributed by atoms with Gasteiger partial charge in [-0.05, 0) is 17.7 Å². The summed E-state index contributed by atoms with van der Waals surface area (Å²) >= 11 is 0. The average Bonchev–Trinajstić information content (AvgIpc) is 2.35. The van der Waals surface area contributed by atoms with E-state index in [0.717, 1.165) is 0 Å². The van der Waals surface area contributed by atoms with E-state index in [9.17, 15) is 20.2 Å². The third kappa shape index (κ3) is 3.40. The molecule has 1 aromatic carbocycles. The van der Waals surface area contributed by atoms with Crippen LogP contribution in [0.4, 0.5) is 0 Å². The van der Waals surface area contributed by atoms with Crippen LogP contribution in [0.3, 0.4) is 0 Å². The number of benzene rings is 1. The molecule has 19 heavy (non-hydrogen) atoms. The number of ether oxygens (including phenoxy) is 1. The van der Waals surface area contributed by atoms with Gasteiger partial charge < -0.3 is 4.74 Å². The Kier molecular flexibility index (Phi) is 4.42. The molecule has 0 unspecified atom stereocenters. The molecule has 0 bridgehead atoms. The van der Waals surface area contributed by atoms with E-state index in [4.69, 9.17) is 4.74 Å². The van der Waals surface area contributed by atoms with Crippen LogP contribution in [0.5, 0.6) is 5.75 Å². The van der Waals surface area contributed by atoms with Crippen LogP contribution in [-0.2, 0) is 0 Å². The first-order valence-electron chi connectivity index (χ1n) is 5.69. The van der Waals surface area contributed by atoms with Crippen LogP contribution in [0.1, 0.15) is 25.3 Å². The van der Waals surface area contributed by atoms with Gasteiger partial charge in [0.2, 0.25) is 12.1 Å². The van der Waals surface area contributed by atoms with Gasteiger partial charge in [-0.2, -0.15) is 0 Å². The SMILES string of the molecule is COc1ccc([C@H](C[N+](=O)[O-])C(C)(C)[N+](=O)[O-])cc1. The highest BCUT2D eigenvalue weighted by molar-refractivity contribution is 5.30. The van der Waals surface area contributed by atoms with E-state index in [1.165, 1.54) is 21.0 Å². The Morgan fingerprint density at radius 1 is 1.21 bits per heavy atom. The highest BCUT2D eigenvalue weighted by atomic mass is 16.6. The predicted octanol–water partition coefficient (Wildman–Crippen LogP) is 2.11. The molecule has 0 aromatic heterocycles. The Hall–Kier alpha value is -2.18. The maximum absolute atomic E-state index is 11.1. The fourth-order valence-corrected chi connectivity index (χ4v) is 1.85. The first kappa shape index (κ1) is 14.9. The smallest absolute Gasteiger partial charge is 0.229 e. The molecule has 7 nitrogen and oxygen atoms in total. The van der Waals surface area contributed by atoms with Gasteiger partial charge in [-0.25, -0.2) is 0 Å². The normalized spacial score (nSPS) is 12.8. The lowest BCUT2D eigenvalue weighted by atomic mass is 9.82. The standard InChI is InChI=1S/C12H16N2O5/c1-12(2,14(17)18)11(8-13(15)16)9-4-6-10(19-3)7-5-9/h4-7,11H,8H2,1-3H3/t11-/m0/s1. The molecular weight excluding hydrogens is 252 g/mol. The maximum Gasteiger partial charge on any atom is 0.229 e.